The second kappa shape index (κ2) is 70.1. The van der Waals surface area contributed by atoms with E-state index in [1.807, 2.05) is 0 Å². The molecule has 3 N–H and O–H groups in total. The van der Waals surface area contributed by atoms with Crippen molar-refractivity contribution < 1.29 is 80.2 Å². The average molecular weight is 1470 g/mol. The Morgan fingerprint density at radius 1 is 0.280 bits per heavy atom. The van der Waals surface area contributed by atoms with E-state index in [1.165, 1.54) is 212 Å². The zero-order valence-corrected chi connectivity index (χ0v) is 67.6. The molecule has 0 aliphatic carbocycles. The van der Waals surface area contributed by atoms with E-state index in [1.54, 1.807) is 0 Å². The Kier molecular flexibility index (Phi) is 68.7. The Bertz CT molecular complexity index is 1960. The van der Waals surface area contributed by atoms with Gasteiger partial charge in [0.15, 0.2) is 12.2 Å². The second-order valence-corrected chi connectivity index (χ2v) is 33.5. The van der Waals surface area contributed by atoms with E-state index in [9.17, 15) is 43.2 Å². The van der Waals surface area contributed by atoms with Crippen LogP contribution in [-0.4, -0.2) is 96.7 Å². The van der Waals surface area contributed by atoms with Crippen LogP contribution in [0.5, 0.6) is 0 Å². The van der Waals surface area contributed by atoms with Gasteiger partial charge in [-0.05, 0) is 49.4 Å². The number of carbonyl (C=O) groups excluding carboxylic acids is 4. The number of hydrogen-bond acceptors (Lipinski definition) is 15. The van der Waals surface area contributed by atoms with Crippen LogP contribution in [0.1, 0.15) is 415 Å². The van der Waals surface area contributed by atoms with Gasteiger partial charge in [-0.1, -0.05) is 364 Å². The Hall–Kier alpha value is -1.94. The molecule has 0 amide bonds. The van der Waals surface area contributed by atoms with Crippen LogP contribution in [0.25, 0.3) is 0 Å². The summed E-state index contributed by atoms with van der Waals surface area (Å²) >= 11 is 0. The van der Waals surface area contributed by atoms with E-state index in [0.717, 1.165) is 114 Å². The smallest absolute Gasteiger partial charge is 0.462 e. The second-order valence-electron chi connectivity index (χ2n) is 30.6. The van der Waals surface area contributed by atoms with Gasteiger partial charge in [-0.25, -0.2) is 9.13 Å². The number of phosphoric acid groups is 2. The van der Waals surface area contributed by atoms with Gasteiger partial charge in [-0.15, -0.1) is 0 Å². The molecule has 0 aliphatic rings. The van der Waals surface area contributed by atoms with Crippen molar-refractivity contribution in [1.82, 2.24) is 0 Å². The molecule has 5 unspecified atom stereocenters. The van der Waals surface area contributed by atoms with Crippen molar-refractivity contribution in [3.8, 4) is 0 Å². The van der Waals surface area contributed by atoms with Crippen molar-refractivity contribution in [3.05, 3.63) is 0 Å². The molecule has 0 fully saturated rings. The highest BCUT2D eigenvalue weighted by molar-refractivity contribution is 7.47. The molecular formula is C81H158O17P2. The molecule has 0 aliphatic heterocycles. The lowest BCUT2D eigenvalue weighted by molar-refractivity contribution is -0.161. The number of phosphoric ester groups is 2. The Morgan fingerprint density at radius 2 is 0.480 bits per heavy atom. The van der Waals surface area contributed by atoms with Crippen molar-refractivity contribution in [2.45, 2.75) is 433 Å². The zero-order chi connectivity index (χ0) is 73.8. The molecule has 0 rings (SSSR count). The summed E-state index contributed by atoms with van der Waals surface area (Å²) < 4.78 is 68.7. The number of ether oxygens (including phenoxy) is 4. The first-order valence-electron chi connectivity index (χ1n) is 41.8. The molecule has 0 saturated carbocycles. The maximum atomic E-state index is 13.1. The number of unbranched alkanes of at least 4 members (excludes halogenated alkanes) is 42. The Balaban J connectivity index is 5.18. The molecular weight excluding hydrogens is 1310 g/mol. The van der Waals surface area contributed by atoms with Gasteiger partial charge in [-0.3, -0.25) is 37.3 Å². The minimum absolute atomic E-state index is 0.105. The van der Waals surface area contributed by atoms with Crippen LogP contribution in [0.15, 0.2) is 0 Å². The predicted molar refractivity (Wildman–Crippen MR) is 409 cm³/mol. The Labute approximate surface area is 613 Å². The first-order valence-corrected chi connectivity index (χ1v) is 44.8. The summed E-state index contributed by atoms with van der Waals surface area (Å²) in [4.78, 5) is 73.0. The molecule has 0 saturated heterocycles. The molecule has 0 aromatic rings. The SMILES string of the molecule is CCC(C)CCCCCCCCCCCCCCCCCCCCC(=O)O[C@H](COC(=O)CCCCCCCCCC(C)C)COP(=O)(O)OCC(O)COP(=O)(O)OC[C@@H](COC(=O)CCCCCCCCCCCCCCCC(C)C)OC(=O)CCCCCCCCCCC(C)CC. The van der Waals surface area contributed by atoms with Crippen molar-refractivity contribution >= 4 is 39.5 Å². The molecule has 0 spiro atoms. The molecule has 0 radical (unpaired) electrons. The van der Waals surface area contributed by atoms with Gasteiger partial charge >= 0.3 is 39.5 Å². The van der Waals surface area contributed by atoms with Crippen LogP contribution in [-0.2, 0) is 65.4 Å². The minimum atomic E-state index is -4.96. The fourth-order valence-electron chi connectivity index (χ4n) is 12.4. The normalized spacial score (nSPS) is 14.6. The standard InChI is InChI=1S/C81H158O17P2/c1-9-73(7)59-51-43-35-27-23-19-15-13-11-12-14-16-20-25-29-38-47-55-63-80(85)97-77(68-92-79(84)62-54-46-40-32-34-42-50-58-72(5)6)70-96-100(89,90)94-66-75(82)65-93-99(87,88)95-69-76(98-81(86)64-56-48-39-31-30-36-44-52-60-74(8)10-2)67-91-78(83)61-53-45-37-28-24-21-17-18-22-26-33-41-49-57-71(3)4/h71-77,82H,9-70H2,1-8H3,(H,87,88)(H,89,90)/t73?,74?,75?,76-,77-/m1/s1. The van der Waals surface area contributed by atoms with E-state index in [4.69, 9.17) is 37.0 Å². The predicted octanol–water partition coefficient (Wildman–Crippen LogP) is 24.0. The molecule has 594 valence electrons. The first-order chi connectivity index (χ1) is 48.2. The minimum Gasteiger partial charge on any atom is -0.462 e. The van der Waals surface area contributed by atoms with Gasteiger partial charge < -0.3 is 33.8 Å². The Morgan fingerprint density at radius 3 is 0.710 bits per heavy atom. The molecule has 0 aromatic carbocycles. The molecule has 7 atom stereocenters. The van der Waals surface area contributed by atoms with Gasteiger partial charge in [0, 0.05) is 25.7 Å². The number of rotatable bonds is 78. The van der Waals surface area contributed by atoms with Crippen LogP contribution >= 0.6 is 15.6 Å². The maximum Gasteiger partial charge on any atom is 0.472 e. The number of carbonyl (C=O) groups is 4. The highest BCUT2D eigenvalue weighted by Crippen LogP contribution is 2.45. The summed E-state index contributed by atoms with van der Waals surface area (Å²) in [5.41, 5.74) is 0. The van der Waals surface area contributed by atoms with E-state index in [2.05, 4.69) is 55.4 Å². The van der Waals surface area contributed by atoms with E-state index in [0.29, 0.717) is 31.6 Å². The van der Waals surface area contributed by atoms with Crippen molar-refractivity contribution in [2.75, 3.05) is 39.6 Å². The van der Waals surface area contributed by atoms with Crippen LogP contribution in [0.2, 0.25) is 0 Å². The van der Waals surface area contributed by atoms with Crippen LogP contribution in [0.3, 0.4) is 0 Å². The highest BCUT2D eigenvalue weighted by Gasteiger charge is 2.30. The first kappa shape index (κ1) is 98.1. The fourth-order valence-corrected chi connectivity index (χ4v) is 13.9. The van der Waals surface area contributed by atoms with Crippen molar-refractivity contribution in [2.24, 2.45) is 23.7 Å². The highest BCUT2D eigenvalue weighted by atomic mass is 31.2. The van der Waals surface area contributed by atoms with E-state index in [-0.39, 0.29) is 25.7 Å². The third kappa shape index (κ3) is 71.7. The van der Waals surface area contributed by atoms with Gasteiger partial charge in [0.05, 0.1) is 26.4 Å². The third-order valence-corrected chi connectivity index (χ3v) is 21.4. The lowest BCUT2D eigenvalue weighted by atomic mass is 9.99. The number of aliphatic hydroxyl groups is 1. The van der Waals surface area contributed by atoms with Gasteiger partial charge in [0.2, 0.25) is 0 Å². The maximum absolute atomic E-state index is 13.1. The van der Waals surface area contributed by atoms with E-state index < -0.39 is 97.5 Å². The summed E-state index contributed by atoms with van der Waals surface area (Å²) in [6, 6.07) is 0. The molecule has 0 heterocycles. The largest absolute Gasteiger partial charge is 0.472 e. The van der Waals surface area contributed by atoms with Gasteiger partial charge in [-0.2, -0.15) is 0 Å². The van der Waals surface area contributed by atoms with Crippen LogP contribution in [0.4, 0.5) is 0 Å². The van der Waals surface area contributed by atoms with Gasteiger partial charge in [0.1, 0.15) is 19.3 Å². The number of esters is 4. The summed E-state index contributed by atoms with van der Waals surface area (Å²) in [5, 5.41) is 10.6. The third-order valence-electron chi connectivity index (χ3n) is 19.5. The monoisotopic (exact) mass is 1470 g/mol. The molecule has 19 heteroatoms. The van der Waals surface area contributed by atoms with Crippen molar-refractivity contribution in [1.29, 1.82) is 0 Å². The van der Waals surface area contributed by atoms with E-state index >= 15 is 0 Å². The van der Waals surface area contributed by atoms with Crippen molar-refractivity contribution in [3.63, 3.8) is 0 Å². The average Bonchev–Trinajstić information content (AvgIpc) is 1.05. The van der Waals surface area contributed by atoms with Crippen LogP contribution in [0, 0.1) is 23.7 Å². The number of hydrogen-bond donors (Lipinski definition) is 3. The quantitative estimate of drug-likeness (QED) is 0.0222. The molecule has 0 bridgehead atoms. The van der Waals surface area contributed by atoms with Crippen LogP contribution < -0.4 is 0 Å². The summed E-state index contributed by atoms with van der Waals surface area (Å²) in [6.07, 6.45) is 57.0. The number of aliphatic hydroxyl groups excluding tert-OH is 1. The van der Waals surface area contributed by atoms with Gasteiger partial charge in [0.25, 0.3) is 0 Å². The molecule has 17 nitrogen and oxygen atoms in total. The zero-order valence-electron chi connectivity index (χ0n) is 65.8. The summed E-state index contributed by atoms with van der Waals surface area (Å²) in [7, 11) is -9.92. The molecule has 100 heavy (non-hydrogen) atoms. The lowest BCUT2D eigenvalue weighted by Crippen LogP contribution is -2.30. The summed E-state index contributed by atoms with van der Waals surface area (Å²) in [5.74, 6) is 1.02. The molecule has 0 aromatic heterocycles. The lowest BCUT2D eigenvalue weighted by Gasteiger charge is -2.21. The fraction of sp³-hybridized carbons (Fsp3) is 0.951. The topological polar surface area (TPSA) is 237 Å². The summed E-state index contributed by atoms with van der Waals surface area (Å²) in [6.45, 7) is 14.3.